The Labute approximate surface area is 91.0 Å². The fraction of sp³-hybridized carbons (Fsp3) is 0.909. The molecule has 0 heterocycles. The monoisotopic (exact) mass is 215 g/mol. The third kappa shape index (κ3) is 2.92. The molecule has 1 fully saturated rings. The van der Waals surface area contributed by atoms with Crippen molar-refractivity contribution in [2.24, 2.45) is 5.92 Å². The summed E-state index contributed by atoms with van der Waals surface area (Å²) in [6, 6.07) is -0.474. The summed E-state index contributed by atoms with van der Waals surface area (Å²) >= 11 is 0. The van der Waals surface area contributed by atoms with E-state index in [0.29, 0.717) is 6.54 Å². The molecule has 0 aromatic heterocycles. The zero-order valence-electron chi connectivity index (χ0n) is 9.75. The summed E-state index contributed by atoms with van der Waals surface area (Å²) < 4.78 is 5.43. The lowest BCUT2D eigenvalue weighted by molar-refractivity contribution is -0.141. The Morgan fingerprint density at radius 3 is 2.40 bits per heavy atom. The fourth-order valence-electron chi connectivity index (χ4n) is 1.93. The number of carboxylic acids is 1. The number of methoxy groups -OCH3 is 1. The number of hydrogen-bond donors (Lipinski definition) is 2. The summed E-state index contributed by atoms with van der Waals surface area (Å²) in [6.45, 7) is 4.46. The number of carboxylic acid groups (broad SMARTS) is 1. The highest BCUT2D eigenvalue weighted by molar-refractivity contribution is 5.73. The summed E-state index contributed by atoms with van der Waals surface area (Å²) in [5.74, 6) is -0.688. The Balaban J connectivity index is 2.42. The molecule has 1 aliphatic carbocycles. The van der Waals surface area contributed by atoms with Crippen LogP contribution in [-0.2, 0) is 9.53 Å². The van der Waals surface area contributed by atoms with Gasteiger partial charge in [0.15, 0.2) is 0 Å². The van der Waals surface area contributed by atoms with Crippen molar-refractivity contribution in [3.63, 3.8) is 0 Å². The van der Waals surface area contributed by atoms with Crippen molar-refractivity contribution in [3.8, 4) is 0 Å². The lowest BCUT2D eigenvalue weighted by atomic mass is 9.79. The van der Waals surface area contributed by atoms with Crippen LogP contribution in [0.1, 0.15) is 33.1 Å². The van der Waals surface area contributed by atoms with E-state index in [4.69, 9.17) is 9.84 Å². The Bertz CT molecular complexity index is 218. The minimum atomic E-state index is -0.782. The van der Waals surface area contributed by atoms with Crippen LogP contribution in [0.3, 0.4) is 0 Å². The standard InChI is InChI=1S/C11H21NO3/c1-8(2)9(10(13)14)12-7-11(15-3)5-4-6-11/h8-9,12H,4-7H2,1-3H3,(H,13,14). The van der Waals surface area contributed by atoms with Gasteiger partial charge in [0.25, 0.3) is 0 Å². The topological polar surface area (TPSA) is 58.6 Å². The fourth-order valence-corrected chi connectivity index (χ4v) is 1.93. The molecule has 0 amide bonds. The first-order valence-corrected chi connectivity index (χ1v) is 5.52. The molecule has 0 radical (unpaired) electrons. The van der Waals surface area contributed by atoms with Crippen molar-refractivity contribution in [3.05, 3.63) is 0 Å². The first-order chi connectivity index (χ1) is 7.01. The molecule has 1 unspecified atom stereocenters. The van der Waals surface area contributed by atoms with Crippen molar-refractivity contribution in [1.82, 2.24) is 5.32 Å². The Hall–Kier alpha value is -0.610. The van der Waals surface area contributed by atoms with Gasteiger partial charge >= 0.3 is 5.97 Å². The van der Waals surface area contributed by atoms with Crippen LogP contribution >= 0.6 is 0 Å². The van der Waals surface area contributed by atoms with E-state index >= 15 is 0 Å². The van der Waals surface area contributed by atoms with Crippen molar-refractivity contribution >= 4 is 5.97 Å². The minimum Gasteiger partial charge on any atom is -0.480 e. The van der Waals surface area contributed by atoms with Crippen molar-refractivity contribution in [1.29, 1.82) is 0 Å². The van der Waals surface area contributed by atoms with Crippen LogP contribution < -0.4 is 5.32 Å². The highest BCUT2D eigenvalue weighted by Crippen LogP contribution is 2.34. The maximum absolute atomic E-state index is 10.9. The summed E-state index contributed by atoms with van der Waals surface area (Å²) in [5, 5.41) is 12.1. The average molecular weight is 215 g/mol. The molecular weight excluding hydrogens is 194 g/mol. The van der Waals surface area contributed by atoms with Gasteiger partial charge in [0, 0.05) is 13.7 Å². The van der Waals surface area contributed by atoms with Crippen LogP contribution in [0.25, 0.3) is 0 Å². The van der Waals surface area contributed by atoms with Crippen LogP contribution in [0, 0.1) is 5.92 Å². The SMILES string of the molecule is COC1(CNC(C(=O)O)C(C)C)CCC1. The van der Waals surface area contributed by atoms with Crippen LogP contribution in [0.2, 0.25) is 0 Å². The second kappa shape index (κ2) is 4.94. The molecule has 15 heavy (non-hydrogen) atoms. The number of nitrogens with one attached hydrogen (secondary N) is 1. The van der Waals surface area contributed by atoms with Crippen LogP contribution in [-0.4, -0.2) is 36.4 Å². The lowest BCUT2D eigenvalue weighted by Crippen LogP contribution is -2.53. The summed E-state index contributed by atoms with van der Waals surface area (Å²) in [4.78, 5) is 10.9. The van der Waals surface area contributed by atoms with Crippen LogP contribution in [0.15, 0.2) is 0 Å². The number of ether oxygens (including phenoxy) is 1. The maximum Gasteiger partial charge on any atom is 0.320 e. The Morgan fingerprint density at radius 1 is 1.53 bits per heavy atom. The molecule has 4 heteroatoms. The molecular formula is C11H21NO3. The first kappa shape index (κ1) is 12.5. The minimum absolute atomic E-state index is 0.0940. The van der Waals surface area contributed by atoms with E-state index in [1.54, 1.807) is 7.11 Å². The molecule has 0 aromatic rings. The highest BCUT2D eigenvalue weighted by Gasteiger charge is 2.38. The summed E-state index contributed by atoms with van der Waals surface area (Å²) in [6.07, 6.45) is 3.23. The molecule has 0 bridgehead atoms. The van der Waals surface area contributed by atoms with E-state index in [9.17, 15) is 4.79 Å². The van der Waals surface area contributed by atoms with Gasteiger partial charge in [0.05, 0.1) is 5.60 Å². The van der Waals surface area contributed by atoms with Gasteiger partial charge in [0.1, 0.15) is 6.04 Å². The van der Waals surface area contributed by atoms with Gasteiger partial charge in [0.2, 0.25) is 0 Å². The Morgan fingerprint density at radius 2 is 2.13 bits per heavy atom. The van der Waals surface area contributed by atoms with Gasteiger partial charge < -0.3 is 15.2 Å². The zero-order valence-corrected chi connectivity index (χ0v) is 9.75. The van der Waals surface area contributed by atoms with E-state index in [0.717, 1.165) is 12.8 Å². The predicted octanol–water partition coefficient (Wildman–Crippen LogP) is 1.25. The molecule has 0 aromatic carbocycles. The predicted molar refractivity (Wildman–Crippen MR) is 57.9 cm³/mol. The van der Waals surface area contributed by atoms with Crippen molar-refractivity contribution < 1.29 is 14.6 Å². The quantitative estimate of drug-likeness (QED) is 0.700. The molecule has 0 saturated heterocycles. The molecule has 0 spiro atoms. The molecule has 1 rings (SSSR count). The van der Waals surface area contributed by atoms with Gasteiger partial charge in [-0.05, 0) is 25.2 Å². The maximum atomic E-state index is 10.9. The molecule has 0 aliphatic heterocycles. The lowest BCUT2D eigenvalue weighted by Gasteiger charge is -2.41. The first-order valence-electron chi connectivity index (χ1n) is 5.52. The van der Waals surface area contributed by atoms with Crippen LogP contribution in [0.5, 0.6) is 0 Å². The molecule has 88 valence electrons. The third-order valence-corrected chi connectivity index (χ3v) is 3.27. The largest absolute Gasteiger partial charge is 0.480 e. The van der Waals surface area contributed by atoms with E-state index in [1.165, 1.54) is 6.42 Å². The van der Waals surface area contributed by atoms with Crippen molar-refractivity contribution in [2.75, 3.05) is 13.7 Å². The molecule has 1 atom stereocenters. The van der Waals surface area contributed by atoms with Gasteiger partial charge in [-0.1, -0.05) is 13.8 Å². The van der Waals surface area contributed by atoms with Crippen molar-refractivity contribution in [2.45, 2.75) is 44.8 Å². The van der Waals surface area contributed by atoms with E-state index < -0.39 is 12.0 Å². The zero-order chi connectivity index (χ0) is 11.5. The Kier molecular flexibility index (Phi) is 4.11. The van der Waals surface area contributed by atoms with E-state index in [1.807, 2.05) is 13.8 Å². The number of hydrogen-bond acceptors (Lipinski definition) is 3. The van der Waals surface area contributed by atoms with Crippen LogP contribution in [0.4, 0.5) is 0 Å². The molecule has 1 aliphatic rings. The van der Waals surface area contributed by atoms with E-state index in [2.05, 4.69) is 5.32 Å². The van der Waals surface area contributed by atoms with Gasteiger partial charge in [-0.3, -0.25) is 4.79 Å². The third-order valence-electron chi connectivity index (χ3n) is 3.27. The summed E-state index contributed by atoms with van der Waals surface area (Å²) in [7, 11) is 1.70. The van der Waals surface area contributed by atoms with Gasteiger partial charge in [-0.15, -0.1) is 0 Å². The normalized spacial score (nSPS) is 21.1. The average Bonchev–Trinajstić information content (AvgIpc) is 2.08. The molecule has 2 N–H and O–H groups in total. The number of aliphatic carboxylic acids is 1. The van der Waals surface area contributed by atoms with E-state index in [-0.39, 0.29) is 11.5 Å². The number of carbonyl (C=O) groups is 1. The highest BCUT2D eigenvalue weighted by atomic mass is 16.5. The second-order valence-corrected chi connectivity index (χ2v) is 4.68. The molecule has 1 saturated carbocycles. The smallest absolute Gasteiger partial charge is 0.320 e. The number of rotatable bonds is 6. The van der Waals surface area contributed by atoms with Gasteiger partial charge in [-0.2, -0.15) is 0 Å². The molecule has 4 nitrogen and oxygen atoms in total. The second-order valence-electron chi connectivity index (χ2n) is 4.68. The van der Waals surface area contributed by atoms with Gasteiger partial charge in [-0.25, -0.2) is 0 Å². The summed E-state index contributed by atoms with van der Waals surface area (Å²) in [5.41, 5.74) is -0.109.